The third-order valence-electron chi connectivity index (χ3n) is 2.87. The average molecular weight is 279 g/mol. The molecule has 0 amide bonds. The van der Waals surface area contributed by atoms with Crippen LogP contribution >= 0.6 is 0 Å². The monoisotopic (exact) mass is 279 g/mol. The Hall–Kier alpha value is -1.75. The van der Waals surface area contributed by atoms with E-state index < -0.39 is 5.60 Å². The predicted octanol–water partition coefficient (Wildman–Crippen LogP) is 2.41. The number of hydrogen-bond acceptors (Lipinski definition) is 5. The Morgan fingerprint density at radius 3 is 2.75 bits per heavy atom. The Morgan fingerprint density at radius 2 is 2.05 bits per heavy atom. The molecule has 1 aliphatic rings. The molecule has 0 saturated heterocycles. The zero-order valence-corrected chi connectivity index (χ0v) is 12.4. The van der Waals surface area contributed by atoms with Crippen molar-refractivity contribution in [3.05, 3.63) is 23.8 Å². The van der Waals surface area contributed by atoms with Gasteiger partial charge in [-0.25, -0.2) is 0 Å². The highest BCUT2D eigenvalue weighted by Crippen LogP contribution is 2.34. The van der Waals surface area contributed by atoms with Crippen LogP contribution in [0.2, 0.25) is 0 Å². The Bertz CT molecular complexity index is 493. The molecule has 1 unspecified atom stereocenters. The standard InChI is InChI=1S/C15H21NO4/c1-10(16-8-14(17)20-15(2,3)4)11-5-6-12-13(7-11)19-9-18-12/h5-7,10,16H,8-9H2,1-4H3. The fourth-order valence-electron chi connectivity index (χ4n) is 1.91. The SMILES string of the molecule is CC(NCC(=O)OC(C)(C)C)c1ccc2c(c1)OCO2. The van der Waals surface area contributed by atoms with E-state index >= 15 is 0 Å². The van der Waals surface area contributed by atoms with Gasteiger partial charge in [0.05, 0.1) is 6.54 Å². The fraction of sp³-hybridized carbons (Fsp3) is 0.533. The molecule has 5 nitrogen and oxygen atoms in total. The molecule has 1 heterocycles. The highest BCUT2D eigenvalue weighted by atomic mass is 16.7. The summed E-state index contributed by atoms with van der Waals surface area (Å²) in [7, 11) is 0. The van der Waals surface area contributed by atoms with Crippen molar-refractivity contribution < 1.29 is 19.0 Å². The van der Waals surface area contributed by atoms with Gasteiger partial charge in [0.1, 0.15) is 5.60 Å². The van der Waals surface area contributed by atoms with Crippen LogP contribution in [0.4, 0.5) is 0 Å². The average Bonchev–Trinajstić information content (AvgIpc) is 2.80. The van der Waals surface area contributed by atoms with Crippen molar-refractivity contribution in [2.24, 2.45) is 0 Å². The first kappa shape index (κ1) is 14.7. The van der Waals surface area contributed by atoms with Crippen LogP contribution in [0.5, 0.6) is 11.5 Å². The molecule has 2 rings (SSSR count). The van der Waals surface area contributed by atoms with Crippen LogP contribution in [0.15, 0.2) is 18.2 Å². The molecule has 1 atom stereocenters. The third-order valence-corrected chi connectivity index (χ3v) is 2.87. The number of esters is 1. The number of fused-ring (bicyclic) bond motifs is 1. The predicted molar refractivity (Wildman–Crippen MR) is 74.8 cm³/mol. The second-order valence-corrected chi connectivity index (χ2v) is 5.80. The van der Waals surface area contributed by atoms with Crippen LogP contribution in [0.1, 0.15) is 39.3 Å². The summed E-state index contributed by atoms with van der Waals surface area (Å²) in [5.74, 6) is 1.24. The lowest BCUT2D eigenvalue weighted by atomic mass is 10.1. The number of nitrogens with one attached hydrogen (secondary N) is 1. The van der Waals surface area contributed by atoms with Gasteiger partial charge in [0.2, 0.25) is 6.79 Å². The summed E-state index contributed by atoms with van der Waals surface area (Å²) >= 11 is 0. The van der Waals surface area contributed by atoms with Crippen molar-refractivity contribution in [2.45, 2.75) is 39.3 Å². The van der Waals surface area contributed by atoms with Crippen LogP contribution in [0.3, 0.4) is 0 Å². The molecule has 0 aliphatic carbocycles. The summed E-state index contributed by atoms with van der Waals surface area (Å²) in [5.41, 5.74) is 0.582. The Labute approximate surface area is 119 Å². The van der Waals surface area contributed by atoms with Gasteiger partial charge in [-0.3, -0.25) is 4.79 Å². The molecule has 0 aromatic heterocycles. The number of hydrogen-bond donors (Lipinski definition) is 1. The zero-order chi connectivity index (χ0) is 14.8. The summed E-state index contributed by atoms with van der Waals surface area (Å²) in [6.45, 7) is 7.98. The number of ether oxygens (including phenoxy) is 3. The molecule has 110 valence electrons. The largest absolute Gasteiger partial charge is 0.459 e. The van der Waals surface area contributed by atoms with E-state index in [2.05, 4.69) is 5.32 Å². The minimum absolute atomic E-state index is 0.0250. The molecule has 1 aromatic carbocycles. The lowest BCUT2D eigenvalue weighted by molar-refractivity contribution is -0.153. The fourth-order valence-corrected chi connectivity index (χ4v) is 1.91. The number of carbonyl (C=O) groups is 1. The van der Waals surface area contributed by atoms with Crippen molar-refractivity contribution in [1.29, 1.82) is 0 Å². The summed E-state index contributed by atoms with van der Waals surface area (Å²) in [6.07, 6.45) is 0. The molecular weight excluding hydrogens is 258 g/mol. The first-order valence-corrected chi connectivity index (χ1v) is 6.70. The normalized spacial score (nSPS) is 15.0. The first-order chi connectivity index (χ1) is 9.35. The molecule has 0 fully saturated rings. The van der Waals surface area contributed by atoms with E-state index in [1.807, 2.05) is 45.9 Å². The number of rotatable bonds is 4. The maximum Gasteiger partial charge on any atom is 0.320 e. The lowest BCUT2D eigenvalue weighted by Gasteiger charge is -2.21. The summed E-state index contributed by atoms with van der Waals surface area (Å²) in [6, 6.07) is 5.79. The van der Waals surface area contributed by atoms with E-state index in [1.165, 1.54) is 0 Å². The van der Waals surface area contributed by atoms with E-state index in [9.17, 15) is 4.79 Å². The molecule has 0 bridgehead atoms. The van der Waals surface area contributed by atoms with E-state index in [0.29, 0.717) is 0 Å². The van der Waals surface area contributed by atoms with Crippen LogP contribution in [-0.2, 0) is 9.53 Å². The van der Waals surface area contributed by atoms with E-state index in [1.54, 1.807) is 0 Å². The Morgan fingerprint density at radius 1 is 1.35 bits per heavy atom. The summed E-state index contributed by atoms with van der Waals surface area (Å²) in [5, 5.41) is 3.14. The van der Waals surface area contributed by atoms with E-state index in [-0.39, 0.29) is 25.3 Å². The van der Waals surface area contributed by atoms with Crippen molar-refractivity contribution in [3.63, 3.8) is 0 Å². The highest BCUT2D eigenvalue weighted by molar-refractivity contribution is 5.72. The molecule has 1 N–H and O–H groups in total. The summed E-state index contributed by atoms with van der Waals surface area (Å²) < 4.78 is 15.9. The maximum absolute atomic E-state index is 11.7. The van der Waals surface area contributed by atoms with Crippen molar-refractivity contribution in [1.82, 2.24) is 5.32 Å². The van der Waals surface area contributed by atoms with Gasteiger partial charge in [0, 0.05) is 6.04 Å². The smallest absolute Gasteiger partial charge is 0.320 e. The highest BCUT2D eigenvalue weighted by Gasteiger charge is 2.18. The van der Waals surface area contributed by atoms with Crippen molar-refractivity contribution >= 4 is 5.97 Å². The topological polar surface area (TPSA) is 56.8 Å². The lowest BCUT2D eigenvalue weighted by Crippen LogP contribution is -2.32. The number of benzene rings is 1. The minimum Gasteiger partial charge on any atom is -0.459 e. The van der Waals surface area contributed by atoms with Gasteiger partial charge in [-0.2, -0.15) is 0 Å². The maximum atomic E-state index is 11.7. The molecule has 5 heteroatoms. The van der Waals surface area contributed by atoms with Crippen LogP contribution in [0.25, 0.3) is 0 Å². The van der Waals surface area contributed by atoms with E-state index in [4.69, 9.17) is 14.2 Å². The van der Waals surface area contributed by atoms with Gasteiger partial charge in [-0.15, -0.1) is 0 Å². The Balaban J connectivity index is 1.89. The second-order valence-electron chi connectivity index (χ2n) is 5.80. The van der Waals surface area contributed by atoms with Crippen molar-refractivity contribution in [3.8, 4) is 11.5 Å². The number of carbonyl (C=O) groups excluding carboxylic acids is 1. The third kappa shape index (κ3) is 3.87. The van der Waals surface area contributed by atoms with Gasteiger partial charge < -0.3 is 19.5 Å². The van der Waals surface area contributed by atoms with Gasteiger partial charge in [0.15, 0.2) is 11.5 Å². The van der Waals surface area contributed by atoms with Crippen LogP contribution in [0, 0.1) is 0 Å². The zero-order valence-electron chi connectivity index (χ0n) is 12.4. The minimum atomic E-state index is -0.458. The first-order valence-electron chi connectivity index (χ1n) is 6.70. The van der Waals surface area contributed by atoms with Gasteiger partial charge in [-0.05, 0) is 45.4 Å². The van der Waals surface area contributed by atoms with E-state index in [0.717, 1.165) is 17.1 Å². The molecule has 0 saturated carbocycles. The molecule has 0 radical (unpaired) electrons. The van der Waals surface area contributed by atoms with Gasteiger partial charge in [0.25, 0.3) is 0 Å². The van der Waals surface area contributed by atoms with Crippen LogP contribution in [-0.4, -0.2) is 24.9 Å². The summed E-state index contributed by atoms with van der Waals surface area (Å²) in [4.78, 5) is 11.7. The van der Waals surface area contributed by atoms with Crippen LogP contribution < -0.4 is 14.8 Å². The molecule has 0 spiro atoms. The van der Waals surface area contributed by atoms with Gasteiger partial charge in [-0.1, -0.05) is 6.07 Å². The van der Waals surface area contributed by atoms with Crippen molar-refractivity contribution in [2.75, 3.05) is 13.3 Å². The molecule has 20 heavy (non-hydrogen) atoms. The second kappa shape index (κ2) is 5.71. The Kier molecular flexibility index (Phi) is 4.18. The molecule has 1 aliphatic heterocycles. The van der Waals surface area contributed by atoms with Gasteiger partial charge >= 0.3 is 5.97 Å². The molecule has 1 aromatic rings. The molecular formula is C15H21NO4. The quantitative estimate of drug-likeness (QED) is 0.858.